The summed E-state index contributed by atoms with van der Waals surface area (Å²) in [6, 6.07) is 6.85. The van der Waals surface area contributed by atoms with Crippen molar-refractivity contribution in [3.63, 3.8) is 0 Å². The minimum atomic E-state index is -0.385. The fourth-order valence-electron chi connectivity index (χ4n) is 1.26. The Morgan fingerprint density at radius 1 is 1.06 bits per heavy atom. The standard InChI is InChI=1S/C13H18O5/c1-15-6-8-17-12-5-3-4-11(10-12)13(14)18-9-7-16-2/h3-5,10H,6-9H2,1-2H3. The van der Waals surface area contributed by atoms with Crippen molar-refractivity contribution < 1.29 is 23.7 Å². The van der Waals surface area contributed by atoms with Gasteiger partial charge in [0.15, 0.2) is 0 Å². The van der Waals surface area contributed by atoms with Gasteiger partial charge < -0.3 is 18.9 Å². The predicted octanol–water partition coefficient (Wildman–Crippen LogP) is 1.52. The van der Waals surface area contributed by atoms with Gasteiger partial charge in [-0.2, -0.15) is 0 Å². The smallest absolute Gasteiger partial charge is 0.338 e. The molecule has 1 aromatic rings. The van der Waals surface area contributed by atoms with Gasteiger partial charge in [-0.1, -0.05) is 6.07 Å². The van der Waals surface area contributed by atoms with Crippen LogP contribution in [-0.2, 0) is 14.2 Å². The number of rotatable bonds is 8. The van der Waals surface area contributed by atoms with Crippen molar-refractivity contribution in [3.05, 3.63) is 29.8 Å². The second-order valence-corrected chi connectivity index (χ2v) is 3.50. The zero-order chi connectivity index (χ0) is 13.2. The van der Waals surface area contributed by atoms with E-state index in [0.717, 1.165) is 0 Å². The molecule has 0 radical (unpaired) electrons. The molecule has 0 bridgehead atoms. The monoisotopic (exact) mass is 254 g/mol. The first-order valence-electron chi connectivity index (χ1n) is 5.65. The Labute approximate surface area is 107 Å². The lowest BCUT2D eigenvalue weighted by atomic mass is 10.2. The van der Waals surface area contributed by atoms with Crippen molar-refractivity contribution in [2.24, 2.45) is 0 Å². The molecule has 0 fully saturated rings. The molecule has 1 rings (SSSR count). The molecule has 0 atom stereocenters. The second kappa shape index (κ2) is 8.49. The highest BCUT2D eigenvalue weighted by Gasteiger charge is 2.07. The topological polar surface area (TPSA) is 54.0 Å². The molecule has 0 heterocycles. The summed E-state index contributed by atoms with van der Waals surface area (Å²) in [6.45, 7) is 1.57. The summed E-state index contributed by atoms with van der Waals surface area (Å²) in [4.78, 5) is 11.6. The van der Waals surface area contributed by atoms with Gasteiger partial charge in [-0.15, -0.1) is 0 Å². The van der Waals surface area contributed by atoms with Crippen LogP contribution in [0.1, 0.15) is 10.4 Å². The zero-order valence-electron chi connectivity index (χ0n) is 10.7. The molecule has 0 amide bonds. The maximum absolute atomic E-state index is 11.6. The highest BCUT2D eigenvalue weighted by Crippen LogP contribution is 2.14. The normalized spacial score (nSPS) is 10.1. The van der Waals surface area contributed by atoms with E-state index < -0.39 is 0 Å². The lowest BCUT2D eigenvalue weighted by Gasteiger charge is -2.07. The first-order valence-corrected chi connectivity index (χ1v) is 5.65. The van der Waals surface area contributed by atoms with Gasteiger partial charge in [-0.25, -0.2) is 4.79 Å². The molecule has 0 aliphatic heterocycles. The number of hydrogen-bond acceptors (Lipinski definition) is 5. The molecule has 0 saturated carbocycles. The summed E-state index contributed by atoms with van der Waals surface area (Å²) in [5.74, 6) is 0.234. The van der Waals surface area contributed by atoms with E-state index in [-0.39, 0.29) is 12.6 Å². The Balaban J connectivity index is 2.49. The molecule has 5 nitrogen and oxygen atoms in total. The van der Waals surface area contributed by atoms with Gasteiger partial charge in [0.1, 0.15) is 19.0 Å². The molecule has 0 saturated heterocycles. The fourth-order valence-corrected chi connectivity index (χ4v) is 1.26. The minimum Gasteiger partial charge on any atom is -0.491 e. The number of methoxy groups -OCH3 is 2. The highest BCUT2D eigenvalue weighted by atomic mass is 16.6. The van der Waals surface area contributed by atoms with Crippen LogP contribution in [-0.4, -0.2) is 46.6 Å². The van der Waals surface area contributed by atoms with Crippen molar-refractivity contribution >= 4 is 5.97 Å². The number of ether oxygens (including phenoxy) is 4. The Morgan fingerprint density at radius 2 is 1.78 bits per heavy atom. The summed E-state index contributed by atoms with van der Waals surface area (Å²) in [5.41, 5.74) is 0.459. The maximum atomic E-state index is 11.6. The van der Waals surface area contributed by atoms with Crippen molar-refractivity contribution in [3.8, 4) is 5.75 Å². The molecule has 0 N–H and O–H groups in total. The quantitative estimate of drug-likeness (QED) is 0.520. The third-order valence-electron chi connectivity index (χ3n) is 2.15. The summed E-state index contributed by atoms with van der Waals surface area (Å²) in [5, 5.41) is 0. The van der Waals surface area contributed by atoms with Gasteiger partial charge >= 0.3 is 5.97 Å². The molecule has 18 heavy (non-hydrogen) atoms. The molecule has 1 aromatic carbocycles. The SMILES string of the molecule is COCCOC(=O)c1cccc(OCCOC)c1. The summed E-state index contributed by atoms with van der Waals surface area (Å²) >= 11 is 0. The number of benzene rings is 1. The van der Waals surface area contributed by atoms with E-state index in [4.69, 9.17) is 18.9 Å². The Hall–Kier alpha value is -1.59. The van der Waals surface area contributed by atoms with Crippen molar-refractivity contribution in [2.45, 2.75) is 0 Å². The van der Waals surface area contributed by atoms with E-state index in [0.29, 0.717) is 31.1 Å². The third kappa shape index (κ3) is 5.16. The predicted molar refractivity (Wildman–Crippen MR) is 66.0 cm³/mol. The number of esters is 1. The molecule has 0 unspecified atom stereocenters. The first kappa shape index (κ1) is 14.5. The Kier molecular flexibility index (Phi) is 6.83. The molecular formula is C13H18O5. The van der Waals surface area contributed by atoms with Crippen LogP contribution in [0.2, 0.25) is 0 Å². The van der Waals surface area contributed by atoms with Crippen molar-refractivity contribution in [1.29, 1.82) is 0 Å². The lowest BCUT2D eigenvalue weighted by Crippen LogP contribution is -2.10. The van der Waals surface area contributed by atoms with E-state index in [1.54, 1.807) is 38.5 Å². The Bertz CT molecular complexity index is 364. The van der Waals surface area contributed by atoms with Crippen LogP contribution in [0.4, 0.5) is 0 Å². The molecule has 100 valence electrons. The Morgan fingerprint density at radius 3 is 2.50 bits per heavy atom. The van der Waals surface area contributed by atoms with Crippen LogP contribution in [0.25, 0.3) is 0 Å². The maximum Gasteiger partial charge on any atom is 0.338 e. The van der Waals surface area contributed by atoms with E-state index in [2.05, 4.69) is 0 Å². The largest absolute Gasteiger partial charge is 0.491 e. The van der Waals surface area contributed by atoms with E-state index >= 15 is 0 Å². The van der Waals surface area contributed by atoms with Gasteiger partial charge in [0, 0.05) is 14.2 Å². The fraction of sp³-hybridized carbons (Fsp3) is 0.462. The van der Waals surface area contributed by atoms with Crippen molar-refractivity contribution in [2.75, 3.05) is 40.6 Å². The minimum absolute atomic E-state index is 0.240. The molecule has 0 aliphatic rings. The number of hydrogen-bond donors (Lipinski definition) is 0. The van der Waals surface area contributed by atoms with E-state index in [1.165, 1.54) is 0 Å². The second-order valence-electron chi connectivity index (χ2n) is 3.50. The average molecular weight is 254 g/mol. The molecule has 0 spiro atoms. The van der Waals surface area contributed by atoms with Crippen LogP contribution >= 0.6 is 0 Å². The van der Waals surface area contributed by atoms with Gasteiger partial charge in [0.25, 0.3) is 0 Å². The summed E-state index contributed by atoms with van der Waals surface area (Å²) in [6.07, 6.45) is 0. The van der Waals surface area contributed by atoms with E-state index in [9.17, 15) is 4.79 Å². The lowest BCUT2D eigenvalue weighted by molar-refractivity contribution is 0.0387. The molecule has 0 aromatic heterocycles. The average Bonchev–Trinajstić information content (AvgIpc) is 2.39. The highest BCUT2D eigenvalue weighted by molar-refractivity contribution is 5.89. The van der Waals surface area contributed by atoms with Gasteiger partial charge in [0.05, 0.1) is 18.8 Å². The molecule has 0 aliphatic carbocycles. The van der Waals surface area contributed by atoms with Crippen LogP contribution < -0.4 is 4.74 Å². The van der Waals surface area contributed by atoms with Crippen LogP contribution in [0.5, 0.6) is 5.75 Å². The van der Waals surface area contributed by atoms with Crippen LogP contribution in [0.3, 0.4) is 0 Å². The molecular weight excluding hydrogens is 236 g/mol. The summed E-state index contributed by atoms with van der Waals surface area (Å²) in [7, 11) is 3.16. The van der Waals surface area contributed by atoms with E-state index in [1.807, 2.05) is 0 Å². The van der Waals surface area contributed by atoms with Crippen LogP contribution in [0.15, 0.2) is 24.3 Å². The zero-order valence-corrected chi connectivity index (χ0v) is 10.7. The van der Waals surface area contributed by atoms with Gasteiger partial charge in [0.2, 0.25) is 0 Å². The molecule has 5 heteroatoms. The van der Waals surface area contributed by atoms with Gasteiger partial charge in [-0.3, -0.25) is 0 Å². The number of carbonyl (C=O) groups is 1. The van der Waals surface area contributed by atoms with Gasteiger partial charge in [-0.05, 0) is 18.2 Å². The van der Waals surface area contributed by atoms with Crippen molar-refractivity contribution in [1.82, 2.24) is 0 Å². The van der Waals surface area contributed by atoms with Crippen LogP contribution in [0, 0.1) is 0 Å². The third-order valence-corrected chi connectivity index (χ3v) is 2.15. The first-order chi connectivity index (χ1) is 8.77. The number of carbonyl (C=O) groups excluding carboxylic acids is 1. The summed E-state index contributed by atoms with van der Waals surface area (Å²) < 4.78 is 20.1.